The zero-order chi connectivity index (χ0) is 12.3. The summed E-state index contributed by atoms with van der Waals surface area (Å²) in [5, 5.41) is 10.3. The molecule has 0 saturated carbocycles. The number of phenols is 1. The summed E-state index contributed by atoms with van der Waals surface area (Å²) in [6.07, 6.45) is 1.03. The number of hydrogen-bond acceptors (Lipinski definition) is 1. The maximum absolute atomic E-state index is 10.3. The van der Waals surface area contributed by atoms with E-state index in [1.165, 1.54) is 0 Å². The Morgan fingerprint density at radius 2 is 1.71 bits per heavy atom. The standard InChI is InChI=1S/C16H18O/c1-3-12(2)14-10-7-11-15(16(14)17)13-8-5-4-6-9-13/h4-12,17H,3H2,1-2H3. The molecule has 0 fully saturated rings. The lowest BCUT2D eigenvalue weighted by Gasteiger charge is -2.14. The third-order valence-corrected chi connectivity index (χ3v) is 3.30. The SMILES string of the molecule is CCC(C)c1cccc(-c2ccccc2)c1O. The first-order valence-electron chi connectivity index (χ1n) is 6.11. The van der Waals surface area contributed by atoms with Crippen molar-refractivity contribution in [2.24, 2.45) is 0 Å². The van der Waals surface area contributed by atoms with Gasteiger partial charge in [0, 0.05) is 5.56 Å². The number of phenolic OH excluding ortho intramolecular Hbond substituents is 1. The summed E-state index contributed by atoms with van der Waals surface area (Å²) in [6, 6.07) is 16.0. The van der Waals surface area contributed by atoms with Crippen LogP contribution < -0.4 is 0 Å². The predicted octanol–water partition coefficient (Wildman–Crippen LogP) is 4.57. The van der Waals surface area contributed by atoms with Crippen molar-refractivity contribution in [3.05, 3.63) is 54.1 Å². The molecule has 0 aromatic heterocycles. The Kier molecular flexibility index (Phi) is 3.48. The highest BCUT2D eigenvalue weighted by Gasteiger charge is 2.12. The minimum absolute atomic E-state index is 0.388. The van der Waals surface area contributed by atoms with Gasteiger partial charge in [-0.3, -0.25) is 0 Å². The van der Waals surface area contributed by atoms with Gasteiger partial charge in [-0.25, -0.2) is 0 Å². The van der Waals surface area contributed by atoms with Crippen molar-refractivity contribution in [2.75, 3.05) is 0 Å². The fourth-order valence-corrected chi connectivity index (χ4v) is 2.03. The van der Waals surface area contributed by atoms with Crippen molar-refractivity contribution in [1.82, 2.24) is 0 Å². The van der Waals surface area contributed by atoms with E-state index in [2.05, 4.69) is 13.8 Å². The van der Waals surface area contributed by atoms with Crippen LogP contribution in [0.4, 0.5) is 0 Å². The number of rotatable bonds is 3. The van der Waals surface area contributed by atoms with Gasteiger partial charge in [-0.2, -0.15) is 0 Å². The van der Waals surface area contributed by atoms with E-state index in [1.807, 2.05) is 48.5 Å². The molecule has 0 aliphatic heterocycles. The van der Waals surface area contributed by atoms with Crippen molar-refractivity contribution >= 4 is 0 Å². The van der Waals surface area contributed by atoms with Crippen LogP contribution in [0, 0.1) is 0 Å². The maximum atomic E-state index is 10.3. The van der Waals surface area contributed by atoms with Crippen LogP contribution in [-0.4, -0.2) is 5.11 Å². The van der Waals surface area contributed by atoms with Crippen LogP contribution in [0.1, 0.15) is 31.7 Å². The maximum Gasteiger partial charge on any atom is 0.126 e. The fraction of sp³-hybridized carbons (Fsp3) is 0.250. The molecule has 0 bridgehead atoms. The molecule has 1 heteroatoms. The van der Waals surface area contributed by atoms with Crippen LogP contribution >= 0.6 is 0 Å². The molecule has 0 spiro atoms. The highest BCUT2D eigenvalue weighted by Crippen LogP contribution is 2.36. The Morgan fingerprint density at radius 3 is 2.35 bits per heavy atom. The first kappa shape index (κ1) is 11.7. The zero-order valence-electron chi connectivity index (χ0n) is 10.4. The lowest BCUT2D eigenvalue weighted by Crippen LogP contribution is -1.93. The molecule has 1 unspecified atom stereocenters. The molecule has 0 saturated heterocycles. The number of hydrogen-bond donors (Lipinski definition) is 1. The summed E-state index contributed by atoms with van der Waals surface area (Å²) in [5.41, 5.74) is 3.02. The minimum Gasteiger partial charge on any atom is -0.507 e. The summed E-state index contributed by atoms with van der Waals surface area (Å²) in [6.45, 7) is 4.28. The monoisotopic (exact) mass is 226 g/mol. The number of para-hydroxylation sites is 1. The molecular weight excluding hydrogens is 208 g/mol. The quantitative estimate of drug-likeness (QED) is 0.812. The van der Waals surface area contributed by atoms with Crippen LogP contribution in [0.3, 0.4) is 0 Å². The van der Waals surface area contributed by atoms with Crippen LogP contribution in [0.5, 0.6) is 5.75 Å². The van der Waals surface area contributed by atoms with Crippen molar-refractivity contribution in [1.29, 1.82) is 0 Å². The fourth-order valence-electron chi connectivity index (χ4n) is 2.03. The van der Waals surface area contributed by atoms with Gasteiger partial charge in [0.2, 0.25) is 0 Å². The lowest BCUT2D eigenvalue weighted by molar-refractivity contribution is 0.464. The molecule has 0 amide bonds. The van der Waals surface area contributed by atoms with Gasteiger partial charge < -0.3 is 5.11 Å². The van der Waals surface area contributed by atoms with Crippen LogP contribution in [0.2, 0.25) is 0 Å². The Labute approximate surface area is 103 Å². The molecular formula is C16H18O. The Bertz CT molecular complexity index is 488. The molecule has 1 atom stereocenters. The Hall–Kier alpha value is -1.76. The normalized spacial score (nSPS) is 12.4. The topological polar surface area (TPSA) is 20.2 Å². The second-order valence-electron chi connectivity index (χ2n) is 4.42. The van der Waals surface area contributed by atoms with Gasteiger partial charge in [0.15, 0.2) is 0 Å². The van der Waals surface area contributed by atoms with Crippen molar-refractivity contribution < 1.29 is 5.11 Å². The van der Waals surface area contributed by atoms with Gasteiger partial charge in [0.05, 0.1) is 0 Å². The molecule has 0 heterocycles. The van der Waals surface area contributed by atoms with E-state index in [4.69, 9.17) is 0 Å². The average molecular weight is 226 g/mol. The molecule has 0 aliphatic carbocycles. The summed E-state index contributed by atoms with van der Waals surface area (Å²) >= 11 is 0. The van der Waals surface area contributed by atoms with E-state index in [9.17, 15) is 5.11 Å². The largest absolute Gasteiger partial charge is 0.507 e. The molecule has 2 aromatic carbocycles. The highest BCUT2D eigenvalue weighted by molar-refractivity contribution is 5.71. The van der Waals surface area contributed by atoms with E-state index in [-0.39, 0.29) is 0 Å². The highest BCUT2D eigenvalue weighted by atomic mass is 16.3. The van der Waals surface area contributed by atoms with Gasteiger partial charge >= 0.3 is 0 Å². The molecule has 88 valence electrons. The third kappa shape index (κ3) is 2.33. The second-order valence-corrected chi connectivity index (χ2v) is 4.42. The van der Waals surface area contributed by atoms with E-state index in [1.54, 1.807) is 0 Å². The molecule has 0 radical (unpaired) electrons. The molecule has 2 rings (SSSR count). The minimum atomic E-state index is 0.388. The van der Waals surface area contributed by atoms with Crippen LogP contribution in [0.15, 0.2) is 48.5 Å². The summed E-state index contributed by atoms with van der Waals surface area (Å²) in [7, 11) is 0. The number of aromatic hydroxyl groups is 1. The van der Waals surface area contributed by atoms with Gasteiger partial charge in [-0.15, -0.1) is 0 Å². The third-order valence-electron chi connectivity index (χ3n) is 3.30. The lowest BCUT2D eigenvalue weighted by atomic mass is 9.93. The van der Waals surface area contributed by atoms with Gasteiger partial charge in [0.25, 0.3) is 0 Å². The van der Waals surface area contributed by atoms with Gasteiger partial charge in [0.1, 0.15) is 5.75 Å². The van der Waals surface area contributed by atoms with E-state index < -0.39 is 0 Å². The van der Waals surface area contributed by atoms with Crippen molar-refractivity contribution in [2.45, 2.75) is 26.2 Å². The average Bonchev–Trinajstić information content (AvgIpc) is 2.39. The van der Waals surface area contributed by atoms with Gasteiger partial charge in [-0.05, 0) is 23.5 Å². The van der Waals surface area contributed by atoms with Crippen LogP contribution in [-0.2, 0) is 0 Å². The molecule has 2 aromatic rings. The molecule has 17 heavy (non-hydrogen) atoms. The van der Waals surface area contributed by atoms with E-state index >= 15 is 0 Å². The summed E-state index contributed by atoms with van der Waals surface area (Å²) < 4.78 is 0. The van der Waals surface area contributed by atoms with Crippen LogP contribution in [0.25, 0.3) is 11.1 Å². The van der Waals surface area contributed by atoms with Crippen molar-refractivity contribution in [3.63, 3.8) is 0 Å². The summed E-state index contributed by atoms with van der Waals surface area (Å²) in [4.78, 5) is 0. The van der Waals surface area contributed by atoms with Gasteiger partial charge in [-0.1, -0.05) is 62.4 Å². The predicted molar refractivity (Wildman–Crippen MR) is 72.2 cm³/mol. The number of benzene rings is 2. The first-order valence-corrected chi connectivity index (χ1v) is 6.11. The first-order chi connectivity index (χ1) is 8.24. The summed E-state index contributed by atoms with van der Waals surface area (Å²) in [5.74, 6) is 0.812. The zero-order valence-corrected chi connectivity index (χ0v) is 10.4. The van der Waals surface area contributed by atoms with Crippen molar-refractivity contribution in [3.8, 4) is 16.9 Å². The molecule has 0 aliphatic rings. The molecule has 1 N–H and O–H groups in total. The molecule has 1 nitrogen and oxygen atoms in total. The second kappa shape index (κ2) is 5.05. The smallest absolute Gasteiger partial charge is 0.126 e. The van der Waals surface area contributed by atoms with E-state index in [0.29, 0.717) is 11.7 Å². The Balaban J connectivity index is 2.50. The van der Waals surface area contributed by atoms with E-state index in [0.717, 1.165) is 23.1 Å². The Morgan fingerprint density at radius 1 is 1.00 bits per heavy atom.